The van der Waals surface area contributed by atoms with Crippen molar-refractivity contribution in [2.45, 2.75) is 0 Å². The Morgan fingerprint density at radius 2 is 1.93 bits per heavy atom. The third-order valence-corrected chi connectivity index (χ3v) is 5.40. The second-order valence-electron chi connectivity index (χ2n) is 6.43. The van der Waals surface area contributed by atoms with Gasteiger partial charge < -0.3 is 4.98 Å². The summed E-state index contributed by atoms with van der Waals surface area (Å²) in [6.07, 6.45) is 8.49. The number of pyridine rings is 2. The van der Waals surface area contributed by atoms with Crippen molar-refractivity contribution in [3.05, 3.63) is 59.9 Å². The van der Waals surface area contributed by atoms with Crippen LogP contribution in [0.1, 0.15) is 0 Å². The van der Waals surface area contributed by atoms with Crippen molar-refractivity contribution in [3.63, 3.8) is 0 Å². The Hall–Kier alpha value is -3.98. The smallest absolute Gasteiger partial charge is 0.178 e. The number of rotatable bonds is 3. The summed E-state index contributed by atoms with van der Waals surface area (Å²) in [7, 11) is 0. The second-order valence-corrected chi connectivity index (χ2v) is 7.21. The van der Waals surface area contributed by atoms with Crippen molar-refractivity contribution in [1.82, 2.24) is 40.1 Å². The lowest BCUT2D eigenvalue weighted by molar-refractivity contribution is 1.10. The van der Waals surface area contributed by atoms with Gasteiger partial charge in [-0.05, 0) is 34.5 Å². The first-order chi connectivity index (χ1) is 14.4. The molecule has 0 aromatic carbocycles. The first-order valence-electron chi connectivity index (χ1n) is 8.85. The molecule has 8 nitrogen and oxygen atoms in total. The molecule has 6 aromatic rings. The van der Waals surface area contributed by atoms with E-state index in [0.29, 0.717) is 22.9 Å². The monoisotopic (exact) mass is 396 g/mol. The number of imidazole rings is 1. The van der Waals surface area contributed by atoms with Gasteiger partial charge in [0.05, 0.1) is 29.1 Å². The van der Waals surface area contributed by atoms with Crippen LogP contribution in [0.15, 0.2) is 59.9 Å². The lowest BCUT2D eigenvalue weighted by atomic mass is 10.1. The van der Waals surface area contributed by atoms with Gasteiger partial charge in [-0.25, -0.2) is 9.97 Å². The minimum Gasteiger partial charge on any atom is -0.335 e. The molecule has 0 unspecified atom stereocenters. The molecular weight excluding hydrogens is 384 g/mol. The molecule has 6 rings (SSSR count). The maximum atomic E-state index is 4.68. The van der Waals surface area contributed by atoms with Gasteiger partial charge in [0.1, 0.15) is 11.4 Å². The van der Waals surface area contributed by atoms with Crippen molar-refractivity contribution < 1.29 is 0 Å². The van der Waals surface area contributed by atoms with Gasteiger partial charge in [0.2, 0.25) is 0 Å². The summed E-state index contributed by atoms with van der Waals surface area (Å²) < 4.78 is 0. The van der Waals surface area contributed by atoms with E-state index in [1.807, 2.05) is 12.1 Å². The molecule has 2 N–H and O–H groups in total. The van der Waals surface area contributed by atoms with Gasteiger partial charge in [0.25, 0.3) is 0 Å². The van der Waals surface area contributed by atoms with E-state index in [1.165, 1.54) is 0 Å². The number of fused-ring (bicyclic) bond motifs is 2. The van der Waals surface area contributed by atoms with E-state index in [4.69, 9.17) is 0 Å². The molecule has 138 valence electrons. The fraction of sp³-hybridized carbons (Fsp3) is 0. The summed E-state index contributed by atoms with van der Waals surface area (Å²) in [4.78, 5) is 25.4. The zero-order valence-electron chi connectivity index (χ0n) is 14.9. The molecule has 0 fully saturated rings. The van der Waals surface area contributed by atoms with E-state index in [1.54, 1.807) is 42.3 Å². The summed E-state index contributed by atoms with van der Waals surface area (Å²) in [5.74, 6) is 0.651. The Kier molecular flexibility index (Phi) is 3.47. The van der Waals surface area contributed by atoms with E-state index in [-0.39, 0.29) is 0 Å². The van der Waals surface area contributed by atoms with Crippen molar-refractivity contribution in [2.24, 2.45) is 0 Å². The summed E-state index contributed by atoms with van der Waals surface area (Å²) >= 11 is 1.66. The second kappa shape index (κ2) is 6.28. The van der Waals surface area contributed by atoms with Crippen LogP contribution < -0.4 is 0 Å². The van der Waals surface area contributed by atoms with Crippen LogP contribution in [-0.2, 0) is 0 Å². The first kappa shape index (κ1) is 16.0. The molecule has 0 spiro atoms. The van der Waals surface area contributed by atoms with Crippen LogP contribution in [0.2, 0.25) is 0 Å². The maximum Gasteiger partial charge on any atom is 0.178 e. The van der Waals surface area contributed by atoms with E-state index in [0.717, 1.165) is 33.2 Å². The minimum absolute atomic E-state index is 0.651. The van der Waals surface area contributed by atoms with Crippen molar-refractivity contribution in [3.8, 4) is 34.0 Å². The Morgan fingerprint density at radius 1 is 0.931 bits per heavy atom. The maximum absolute atomic E-state index is 4.68. The molecule has 0 aliphatic heterocycles. The number of hydrogen-bond donors (Lipinski definition) is 2. The van der Waals surface area contributed by atoms with E-state index >= 15 is 0 Å². The summed E-state index contributed by atoms with van der Waals surface area (Å²) in [6.45, 7) is 0. The predicted octanol–water partition coefficient (Wildman–Crippen LogP) is 4.08. The molecular formula is C20H12N8S. The van der Waals surface area contributed by atoms with Crippen LogP contribution in [-0.4, -0.2) is 40.1 Å². The summed E-state index contributed by atoms with van der Waals surface area (Å²) in [5, 5.41) is 12.6. The third-order valence-electron chi connectivity index (χ3n) is 4.72. The highest BCUT2D eigenvalue weighted by Crippen LogP contribution is 2.32. The SMILES string of the molecule is c1cnc(-c2cc3c(-c4nc5nccc(-c6ccsc6)c5[nH]4)n[nH]c3cn2)cn1. The molecule has 0 saturated heterocycles. The van der Waals surface area contributed by atoms with Crippen molar-refractivity contribution in [1.29, 1.82) is 0 Å². The number of thiophene rings is 1. The lowest BCUT2D eigenvalue weighted by Crippen LogP contribution is -1.88. The van der Waals surface area contributed by atoms with Crippen molar-refractivity contribution >= 4 is 33.4 Å². The Balaban J connectivity index is 1.53. The molecule has 0 amide bonds. The number of nitrogens with zero attached hydrogens (tertiary/aromatic N) is 6. The molecule has 6 aromatic heterocycles. The van der Waals surface area contributed by atoms with Crippen LogP contribution in [0.4, 0.5) is 0 Å². The normalized spacial score (nSPS) is 11.4. The largest absolute Gasteiger partial charge is 0.335 e. The van der Waals surface area contributed by atoms with Crippen LogP contribution in [0.5, 0.6) is 0 Å². The van der Waals surface area contributed by atoms with Crippen LogP contribution in [0.25, 0.3) is 56.1 Å². The molecule has 0 saturated carbocycles. The summed E-state index contributed by atoms with van der Waals surface area (Å²) in [6, 6.07) is 6.02. The van der Waals surface area contributed by atoms with Crippen LogP contribution >= 0.6 is 11.3 Å². The van der Waals surface area contributed by atoms with E-state index in [2.05, 4.69) is 56.9 Å². The number of nitrogens with one attached hydrogen (secondary N) is 2. The Morgan fingerprint density at radius 3 is 2.79 bits per heavy atom. The fourth-order valence-electron chi connectivity index (χ4n) is 3.35. The zero-order chi connectivity index (χ0) is 19.2. The van der Waals surface area contributed by atoms with Gasteiger partial charge >= 0.3 is 0 Å². The summed E-state index contributed by atoms with van der Waals surface area (Å²) in [5.41, 5.74) is 6.70. The van der Waals surface area contributed by atoms with Gasteiger partial charge in [-0.1, -0.05) is 0 Å². The van der Waals surface area contributed by atoms with Crippen molar-refractivity contribution in [2.75, 3.05) is 0 Å². The highest BCUT2D eigenvalue weighted by molar-refractivity contribution is 7.08. The molecule has 6 heterocycles. The van der Waals surface area contributed by atoms with Crippen LogP contribution in [0, 0.1) is 0 Å². The molecule has 0 bridgehead atoms. The predicted molar refractivity (Wildman–Crippen MR) is 111 cm³/mol. The standard InChI is InChI=1S/C20H12N8S/c1-3-23-19-17(12(1)11-2-6-29-10-11)25-20(26-19)18-13-7-14(16-8-21-4-5-22-16)24-9-15(13)27-28-18/h1-10H,(H,27,28)(H,23,25,26). The van der Waals surface area contributed by atoms with Gasteiger partial charge in [0, 0.05) is 29.5 Å². The number of H-pyrrole nitrogens is 2. The Bertz CT molecular complexity index is 1450. The zero-order valence-corrected chi connectivity index (χ0v) is 15.7. The molecule has 0 aliphatic rings. The number of hydrogen-bond acceptors (Lipinski definition) is 7. The number of aromatic amines is 2. The van der Waals surface area contributed by atoms with Gasteiger partial charge in [-0.15, -0.1) is 0 Å². The quantitative estimate of drug-likeness (QED) is 0.466. The van der Waals surface area contributed by atoms with E-state index in [9.17, 15) is 0 Å². The van der Waals surface area contributed by atoms with Gasteiger partial charge in [-0.2, -0.15) is 16.4 Å². The topological polar surface area (TPSA) is 109 Å². The number of aromatic nitrogens is 8. The third kappa shape index (κ3) is 2.59. The average Bonchev–Trinajstić information content (AvgIpc) is 3.52. The van der Waals surface area contributed by atoms with E-state index < -0.39 is 0 Å². The van der Waals surface area contributed by atoms with Gasteiger partial charge in [0.15, 0.2) is 11.5 Å². The Labute approximate surface area is 167 Å². The minimum atomic E-state index is 0.651. The first-order valence-corrected chi connectivity index (χ1v) is 9.79. The molecule has 29 heavy (non-hydrogen) atoms. The highest BCUT2D eigenvalue weighted by atomic mass is 32.1. The van der Waals surface area contributed by atoms with Crippen LogP contribution in [0.3, 0.4) is 0 Å². The molecule has 0 radical (unpaired) electrons. The highest BCUT2D eigenvalue weighted by Gasteiger charge is 2.17. The lowest BCUT2D eigenvalue weighted by Gasteiger charge is -1.99. The fourth-order valence-corrected chi connectivity index (χ4v) is 4.01. The molecule has 0 aliphatic carbocycles. The molecule has 9 heteroatoms. The average molecular weight is 396 g/mol. The molecule has 0 atom stereocenters. The van der Waals surface area contributed by atoms with Gasteiger partial charge in [-0.3, -0.25) is 20.1 Å².